The molecule has 0 saturated carbocycles. The Balaban J connectivity index is 1.53. The number of unbranched alkanes of at least 4 members (excludes halogenated alkanes) is 11. The summed E-state index contributed by atoms with van der Waals surface area (Å²) in [6.07, 6.45) is 15.1. The van der Waals surface area contributed by atoms with Crippen LogP contribution in [0.1, 0.15) is 107 Å². The van der Waals surface area contributed by atoms with Gasteiger partial charge in [0.15, 0.2) is 0 Å². The minimum Gasteiger partial charge on any atom is -0.388 e. The Morgan fingerprint density at radius 2 is 0.930 bits per heavy atom. The van der Waals surface area contributed by atoms with Crippen LogP contribution < -0.4 is 0 Å². The third-order valence-electron chi connectivity index (χ3n) is 8.08. The topological polar surface area (TPSA) is 47.9 Å². The summed E-state index contributed by atoms with van der Waals surface area (Å²) in [6.45, 7) is 3.84. The summed E-state index contributed by atoms with van der Waals surface area (Å²) >= 11 is 0. The van der Waals surface area contributed by atoms with E-state index in [1.165, 1.54) is 70.6 Å². The van der Waals surface area contributed by atoms with Gasteiger partial charge < -0.3 is 19.3 Å². The van der Waals surface area contributed by atoms with E-state index in [1.807, 2.05) is 66.7 Å². The van der Waals surface area contributed by atoms with Crippen LogP contribution in [0.5, 0.6) is 0 Å². The first-order chi connectivity index (χ1) is 21.3. The maximum atomic E-state index is 11.4. The highest BCUT2D eigenvalue weighted by Crippen LogP contribution is 2.22. The van der Waals surface area contributed by atoms with Crippen molar-refractivity contribution in [2.45, 2.75) is 129 Å². The zero-order chi connectivity index (χ0) is 30.2. The minimum atomic E-state index is -0.800. The normalized spacial score (nSPS) is 13.5. The second-order valence-electron chi connectivity index (χ2n) is 11.8. The van der Waals surface area contributed by atoms with Gasteiger partial charge in [-0.2, -0.15) is 0 Å². The van der Waals surface area contributed by atoms with Crippen molar-refractivity contribution in [3.63, 3.8) is 0 Å². The van der Waals surface area contributed by atoms with Crippen molar-refractivity contribution in [1.82, 2.24) is 0 Å². The summed E-state index contributed by atoms with van der Waals surface area (Å²) in [6, 6.07) is 30.5. The summed E-state index contributed by atoms with van der Waals surface area (Å²) in [4.78, 5) is 0. The van der Waals surface area contributed by atoms with Crippen LogP contribution in [0, 0.1) is 0 Å². The lowest BCUT2D eigenvalue weighted by Gasteiger charge is -2.31. The van der Waals surface area contributed by atoms with Crippen LogP contribution >= 0.6 is 0 Å². The fourth-order valence-corrected chi connectivity index (χ4v) is 5.51. The average molecular weight is 589 g/mol. The molecule has 0 spiro atoms. The minimum absolute atomic E-state index is 0.192. The van der Waals surface area contributed by atoms with Gasteiger partial charge in [-0.05, 0) is 23.1 Å². The Labute approximate surface area is 261 Å². The molecule has 0 heterocycles. The molecule has 0 fully saturated rings. The maximum Gasteiger partial charge on any atom is 0.112 e. The third-order valence-corrected chi connectivity index (χ3v) is 8.08. The van der Waals surface area contributed by atoms with Gasteiger partial charge in [0, 0.05) is 0 Å². The molecule has 0 saturated heterocycles. The standard InChI is InChI=1S/C39H56O4/c1-2-3-4-5-6-7-8-9-10-11-12-22-29-38(42-31-35-25-18-14-19-26-35)39(43-32-36-27-20-15-21-28-36)37(40)33-41-30-34-23-16-13-17-24-34/h13-21,23-28,37-40H,2-12,22,29-33H2,1H3/t37-,38-,39+/m1/s1. The van der Waals surface area contributed by atoms with Gasteiger partial charge in [-0.3, -0.25) is 0 Å². The predicted octanol–water partition coefficient (Wildman–Crippen LogP) is 9.83. The summed E-state index contributed by atoms with van der Waals surface area (Å²) in [7, 11) is 0. The van der Waals surface area contributed by atoms with Gasteiger partial charge in [0.25, 0.3) is 0 Å². The number of hydrogen-bond donors (Lipinski definition) is 1. The molecule has 0 aliphatic heterocycles. The van der Waals surface area contributed by atoms with E-state index >= 15 is 0 Å². The molecule has 236 valence electrons. The molecular formula is C39H56O4. The molecule has 3 aromatic carbocycles. The van der Waals surface area contributed by atoms with Crippen LogP contribution in [0.2, 0.25) is 0 Å². The number of hydrogen-bond acceptors (Lipinski definition) is 4. The van der Waals surface area contributed by atoms with Crippen LogP contribution in [-0.4, -0.2) is 30.0 Å². The van der Waals surface area contributed by atoms with Crippen molar-refractivity contribution in [2.24, 2.45) is 0 Å². The highest BCUT2D eigenvalue weighted by Gasteiger charge is 2.30. The molecule has 3 aromatic rings. The van der Waals surface area contributed by atoms with Crippen LogP contribution in [-0.2, 0) is 34.0 Å². The molecular weight excluding hydrogens is 532 g/mol. The van der Waals surface area contributed by atoms with Crippen LogP contribution in [0.3, 0.4) is 0 Å². The van der Waals surface area contributed by atoms with Gasteiger partial charge in [-0.25, -0.2) is 0 Å². The molecule has 4 nitrogen and oxygen atoms in total. The van der Waals surface area contributed by atoms with Crippen molar-refractivity contribution in [2.75, 3.05) is 6.61 Å². The summed E-state index contributed by atoms with van der Waals surface area (Å²) in [5, 5.41) is 11.4. The lowest BCUT2D eigenvalue weighted by Crippen LogP contribution is -2.43. The molecule has 0 bridgehead atoms. The molecule has 0 radical (unpaired) electrons. The van der Waals surface area contributed by atoms with Crippen molar-refractivity contribution in [3.8, 4) is 0 Å². The van der Waals surface area contributed by atoms with Gasteiger partial charge in [-0.1, -0.05) is 175 Å². The van der Waals surface area contributed by atoms with Crippen molar-refractivity contribution in [1.29, 1.82) is 0 Å². The van der Waals surface area contributed by atoms with E-state index in [-0.39, 0.29) is 12.7 Å². The Bertz CT molecular complexity index is 1030. The number of rotatable bonds is 25. The lowest BCUT2D eigenvalue weighted by atomic mass is 10.00. The lowest BCUT2D eigenvalue weighted by molar-refractivity contribution is -0.149. The zero-order valence-corrected chi connectivity index (χ0v) is 26.6. The molecule has 3 rings (SSSR count). The van der Waals surface area contributed by atoms with E-state index in [0.717, 1.165) is 29.5 Å². The maximum absolute atomic E-state index is 11.4. The number of ether oxygens (including phenoxy) is 3. The number of aliphatic hydroxyl groups is 1. The van der Waals surface area contributed by atoms with E-state index in [4.69, 9.17) is 14.2 Å². The zero-order valence-electron chi connectivity index (χ0n) is 26.6. The quantitative estimate of drug-likeness (QED) is 0.100. The van der Waals surface area contributed by atoms with E-state index in [1.54, 1.807) is 0 Å². The van der Waals surface area contributed by atoms with Gasteiger partial charge in [0.2, 0.25) is 0 Å². The second-order valence-corrected chi connectivity index (χ2v) is 11.8. The molecule has 3 atom stereocenters. The highest BCUT2D eigenvalue weighted by molar-refractivity contribution is 5.15. The first kappa shape index (κ1) is 35.0. The molecule has 0 aromatic heterocycles. The Morgan fingerprint density at radius 1 is 0.512 bits per heavy atom. The fourth-order valence-electron chi connectivity index (χ4n) is 5.51. The van der Waals surface area contributed by atoms with Crippen LogP contribution in [0.25, 0.3) is 0 Å². The second kappa shape index (κ2) is 23.0. The predicted molar refractivity (Wildman–Crippen MR) is 178 cm³/mol. The Kier molecular flexibility index (Phi) is 18.7. The molecule has 1 N–H and O–H groups in total. The van der Waals surface area contributed by atoms with Gasteiger partial charge >= 0.3 is 0 Å². The first-order valence-electron chi connectivity index (χ1n) is 16.9. The van der Waals surface area contributed by atoms with E-state index in [2.05, 4.69) is 31.2 Å². The SMILES string of the molecule is CCCCCCCCCCCCCC[C@@H](OCc1ccccc1)[C@@H](OCc1ccccc1)[C@H](O)COCc1ccccc1. The third kappa shape index (κ3) is 15.7. The first-order valence-corrected chi connectivity index (χ1v) is 16.9. The van der Waals surface area contributed by atoms with Crippen molar-refractivity contribution >= 4 is 0 Å². The van der Waals surface area contributed by atoms with Gasteiger partial charge in [0.05, 0.1) is 32.5 Å². The molecule has 0 aliphatic carbocycles. The van der Waals surface area contributed by atoms with E-state index in [0.29, 0.717) is 19.8 Å². The van der Waals surface area contributed by atoms with E-state index in [9.17, 15) is 5.11 Å². The number of aliphatic hydroxyl groups excluding tert-OH is 1. The smallest absolute Gasteiger partial charge is 0.112 e. The van der Waals surface area contributed by atoms with Gasteiger partial charge in [0.1, 0.15) is 12.2 Å². The highest BCUT2D eigenvalue weighted by atomic mass is 16.6. The summed E-state index contributed by atoms with van der Waals surface area (Å²) in [5.74, 6) is 0. The van der Waals surface area contributed by atoms with Gasteiger partial charge in [-0.15, -0.1) is 0 Å². The molecule has 4 heteroatoms. The monoisotopic (exact) mass is 588 g/mol. The largest absolute Gasteiger partial charge is 0.388 e. The Morgan fingerprint density at radius 3 is 1.42 bits per heavy atom. The molecule has 0 amide bonds. The fraction of sp³-hybridized carbons (Fsp3) is 0.538. The molecule has 0 unspecified atom stereocenters. The molecule has 43 heavy (non-hydrogen) atoms. The van der Waals surface area contributed by atoms with Crippen LogP contribution in [0.4, 0.5) is 0 Å². The Hall–Kier alpha value is -2.50. The molecule has 0 aliphatic rings. The average Bonchev–Trinajstić information content (AvgIpc) is 3.05. The van der Waals surface area contributed by atoms with Crippen LogP contribution in [0.15, 0.2) is 91.0 Å². The number of benzene rings is 3. The summed E-state index contributed by atoms with van der Waals surface area (Å²) in [5.41, 5.74) is 3.29. The van der Waals surface area contributed by atoms with Crippen molar-refractivity contribution < 1.29 is 19.3 Å². The van der Waals surface area contributed by atoms with Crippen molar-refractivity contribution in [3.05, 3.63) is 108 Å². The van der Waals surface area contributed by atoms with E-state index < -0.39 is 12.2 Å². The summed E-state index contributed by atoms with van der Waals surface area (Å²) < 4.78 is 18.9.